The number of aryl methyl sites for hydroxylation is 1. The van der Waals surface area contributed by atoms with Crippen molar-refractivity contribution in [2.24, 2.45) is 7.05 Å². The number of rotatable bonds is 5. The van der Waals surface area contributed by atoms with E-state index < -0.39 is 11.9 Å². The van der Waals surface area contributed by atoms with Crippen molar-refractivity contribution in [1.29, 1.82) is 0 Å². The summed E-state index contributed by atoms with van der Waals surface area (Å²) in [6.45, 7) is 8.71. The standard InChI is InChI=1S/C25H24F3N5OS/c1-29-22-12-18-19(14-33(15-21(18)35-22)23(34)10-7-11-31(2)3)16-8-5-6-9-17(16)20-13-32(4)30-24(20)25(26,27)28/h5-10,12-13,19H,11,14-15H2,2-4H3/b10-7+/t19-/m0/s1. The maximum Gasteiger partial charge on any atom is 0.435 e. The molecule has 0 spiro atoms. The lowest BCUT2D eigenvalue weighted by atomic mass is 9.84. The number of carbonyl (C=O) groups is 1. The number of hydrogen-bond donors (Lipinski definition) is 0. The van der Waals surface area contributed by atoms with Gasteiger partial charge in [-0.2, -0.15) is 29.6 Å². The Kier molecular flexibility index (Phi) is 6.83. The second kappa shape index (κ2) is 9.68. The second-order valence-electron chi connectivity index (χ2n) is 8.66. The van der Waals surface area contributed by atoms with Crippen LogP contribution in [0, 0.1) is 6.57 Å². The van der Waals surface area contributed by atoms with Gasteiger partial charge >= 0.3 is 6.18 Å². The first-order chi connectivity index (χ1) is 16.6. The molecule has 4 rings (SSSR count). The highest BCUT2D eigenvalue weighted by atomic mass is 32.1. The Morgan fingerprint density at radius 3 is 2.71 bits per heavy atom. The number of amides is 1. The summed E-state index contributed by atoms with van der Waals surface area (Å²) >= 11 is 1.32. The van der Waals surface area contributed by atoms with E-state index in [4.69, 9.17) is 6.57 Å². The number of halogens is 3. The van der Waals surface area contributed by atoms with Gasteiger partial charge in [-0.05, 0) is 36.9 Å². The van der Waals surface area contributed by atoms with E-state index in [1.807, 2.05) is 19.0 Å². The number of alkyl halides is 3. The highest BCUT2D eigenvalue weighted by Crippen LogP contribution is 2.45. The van der Waals surface area contributed by atoms with Gasteiger partial charge in [-0.15, -0.1) is 0 Å². The van der Waals surface area contributed by atoms with Crippen LogP contribution in [0.15, 0.2) is 48.7 Å². The van der Waals surface area contributed by atoms with Crippen molar-refractivity contribution < 1.29 is 18.0 Å². The molecule has 1 aliphatic heterocycles. The van der Waals surface area contributed by atoms with E-state index in [-0.39, 0.29) is 17.4 Å². The van der Waals surface area contributed by atoms with E-state index in [1.54, 1.807) is 41.3 Å². The predicted octanol–water partition coefficient (Wildman–Crippen LogP) is 5.31. The van der Waals surface area contributed by atoms with Crippen LogP contribution in [0.3, 0.4) is 0 Å². The topological polar surface area (TPSA) is 45.7 Å². The zero-order valence-corrected chi connectivity index (χ0v) is 20.3. The number of fused-ring (bicyclic) bond motifs is 1. The molecule has 0 saturated carbocycles. The number of benzene rings is 1. The first-order valence-electron chi connectivity index (χ1n) is 10.9. The molecule has 0 unspecified atom stereocenters. The van der Waals surface area contributed by atoms with Gasteiger partial charge in [-0.25, -0.2) is 4.85 Å². The molecule has 10 heteroatoms. The van der Waals surface area contributed by atoms with Crippen LogP contribution in [-0.4, -0.2) is 52.7 Å². The highest BCUT2D eigenvalue weighted by molar-refractivity contribution is 7.16. The Bertz CT molecular complexity index is 1320. The fraction of sp³-hybridized carbons (Fsp3) is 0.320. The fourth-order valence-electron chi connectivity index (χ4n) is 4.30. The number of likely N-dealkylation sites (N-methyl/N-ethyl adjacent to an activating group) is 1. The summed E-state index contributed by atoms with van der Waals surface area (Å²) in [5, 5.41) is 4.17. The van der Waals surface area contributed by atoms with Gasteiger partial charge in [0.2, 0.25) is 10.9 Å². The Morgan fingerprint density at radius 1 is 1.29 bits per heavy atom. The van der Waals surface area contributed by atoms with E-state index >= 15 is 0 Å². The van der Waals surface area contributed by atoms with Crippen LogP contribution in [0.2, 0.25) is 0 Å². The van der Waals surface area contributed by atoms with Crippen molar-refractivity contribution in [2.75, 3.05) is 27.2 Å². The summed E-state index contributed by atoms with van der Waals surface area (Å²) in [7, 11) is 5.27. The first kappa shape index (κ1) is 24.7. The Balaban J connectivity index is 1.80. The van der Waals surface area contributed by atoms with Crippen molar-refractivity contribution in [3.05, 3.63) is 81.8 Å². The van der Waals surface area contributed by atoms with Crippen LogP contribution >= 0.6 is 11.3 Å². The van der Waals surface area contributed by atoms with Gasteiger partial charge in [-0.3, -0.25) is 9.48 Å². The molecular weight excluding hydrogens is 475 g/mol. The van der Waals surface area contributed by atoms with E-state index in [9.17, 15) is 18.0 Å². The number of aromatic nitrogens is 2. The van der Waals surface area contributed by atoms with E-state index in [1.165, 1.54) is 30.7 Å². The predicted molar refractivity (Wildman–Crippen MR) is 129 cm³/mol. The molecule has 3 heterocycles. The molecular formula is C25H24F3N5OS. The molecule has 2 aromatic heterocycles. The van der Waals surface area contributed by atoms with Gasteiger partial charge in [0.25, 0.3) is 0 Å². The molecule has 0 bridgehead atoms. The van der Waals surface area contributed by atoms with Gasteiger partial charge in [0.1, 0.15) is 0 Å². The monoisotopic (exact) mass is 499 g/mol. The normalized spacial score (nSPS) is 16.1. The molecule has 0 N–H and O–H groups in total. The van der Waals surface area contributed by atoms with Crippen LogP contribution in [0.1, 0.15) is 27.6 Å². The average molecular weight is 500 g/mol. The quantitative estimate of drug-likeness (QED) is 0.353. The van der Waals surface area contributed by atoms with Gasteiger partial charge in [-0.1, -0.05) is 30.3 Å². The third-order valence-electron chi connectivity index (χ3n) is 5.82. The summed E-state index contributed by atoms with van der Waals surface area (Å²) in [4.78, 5) is 21.0. The summed E-state index contributed by atoms with van der Waals surface area (Å²) in [6.07, 6.45) is 0.0715. The Hall–Kier alpha value is -3.42. The van der Waals surface area contributed by atoms with Gasteiger partial charge < -0.3 is 9.80 Å². The molecule has 1 aliphatic rings. The Labute approximate surface area is 205 Å². The lowest BCUT2D eigenvalue weighted by Crippen LogP contribution is -2.37. The zero-order valence-electron chi connectivity index (χ0n) is 19.5. The number of hydrogen-bond acceptors (Lipinski definition) is 4. The SMILES string of the molecule is [C-]#[N+]c1cc2c(s1)CN(C(=O)/C=C/CN(C)C)C[C@H]2c1ccccc1-c1cn(C)nc1C(F)(F)F. The van der Waals surface area contributed by atoms with Crippen LogP contribution in [0.5, 0.6) is 0 Å². The van der Waals surface area contributed by atoms with E-state index in [0.29, 0.717) is 35.8 Å². The fourth-order valence-corrected chi connectivity index (χ4v) is 5.33. The van der Waals surface area contributed by atoms with Gasteiger partial charge in [0.15, 0.2) is 5.69 Å². The summed E-state index contributed by atoms with van der Waals surface area (Å²) in [5.74, 6) is -0.552. The van der Waals surface area contributed by atoms with Crippen molar-refractivity contribution in [2.45, 2.75) is 18.6 Å². The second-order valence-corrected chi connectivity index (χ2v) is 9.78. The van der Waals surface area contributed by atoms with Gasteiger partial charge in [0, 0.05) is 48.8 Å². The molecule has 182 valence electrons. The minimum atomic E-state index is -4.61. The molecule has 1 amide bonds. The van der Waals surface area contributed by atoms with Crippen LogP contribution < -0.4 is 0 Å². The minimum Gasteiger partial charge on any atom is -0.333 e. The van der Waals surface area contributed by atoms with Crippen molar-refractivity contribution in [3.8, 4) is 11.1 Å². The third-order valence-corrected chi connectivity index (χ3v) is 6.85. The molecule has 3 aromatic rings. The lowest BCUT2D eigenvalue weighted by Gasteiger charge is -2.34. The zero-order chi connectivity index (χ0) is 25.3. The molecule has 1 aromatic carbocycles. The molecule has 0 saturated heterocycles. The minimum absolute atomic E-state index is 0.00730. The van der Waals surface area contributed by atoms with Gasteiger partial charge in [0.05, 0.1) is 13.1 Å². The first-order valence-corrected chi connectivity index (χ1v) is 11.7. The number of nitrogens with zero attached hydrogens (tertiary/aromatic N) is 5. The summed E-state index contributed by atoms with van der Waals surface area (Å²) in [5.41, 5.74) is 1.00. The molecule has 0 fully saturated rings. The average Bonchev–Trinajstić information content (AvgIpc) is 3.41. The Morgan fingerprint density at radius 2 is 2.03 bits per heavy atom. The molecule has 0 radical (unpaired) electrons. The summed E-state index contributed by atoms with van der Waals surface area (Å²) in [6, 6.07) is 8.72. The van der Waals surface area contributed by atoms with Crippen molar-refractivity contribution in [3.63, 3.8) is 0 Å². The van der Waals surface area contributed by atoms with Crippen molar-refractivity contribution in [1.82, 2.24) is 19.6 Å². The van der Waals surface area contributed by atoms with Crippen molar-refractivity contribution >= 4 is 22.2 Å². The maximum absolute atomic E-state index is 13.8. The largest absolute Gasteiger partial charge is 0.435 e. The number of thiophene rings is 1. The van der Waals surface area contributed by atoms with Crippen LogP contribution in [0.25, 0.3) is 16.0 Å². The molecule has 6 nitrogen and oxygen atoms in total. The van der Waals surface area contributed by atoms with E-state index in [0.717, 1.165) is 15.1 Å². The maximum atomic E-state index is 13.8. The molecule has 0 aliphatic carbocycles. The van der Waals surface area contributed by atoms with Crippen LogP contribution in [-0.2, 0) is 24.6 Å². The molecule has 1 atom stereocenters. The summed E-state index contributed by atoms with van der Waals surface area (Å²) < 4.78 is 42.5. The van der Waals surface area contributed by atoms with E-state index in [2.05, 4.69) is 9.94 Å². The third kappa shape index (κ3) is 5.16. The molecule has 35 heavy (non-hydrogen) atoms. The lowest BCUT2D eigenvalue weighted by molar-refractivity contribution is -0.141. The van der Waals surface area contributed by atoms with Crippen LogP contribution in [0.4, 0.5) is 18.2 Å². The number of carbonyl (C=O) groups excluding carboxylic acids is 1. The highest BCUT2D eigenvalue weighted by Gasteiger charge is 2.39. The smallest absolute Gasteiger partial charge is 0.333 e.